The van der Waals surface area contributed by atoms with Gasteiger partial charge in [-0.2, -0.15) is 4.98 Å². The normalized spacial score (nSPS) is 11.4. The Morgan fingerprint density at radius 2 is 2.00 bits per heavy atom. The largest absolute Gasteiger partial charge is 0.477 e. The first kappa shape index (κ1) is 16.0. The van der Waals surface area contributed by atoms with Crippen molar-refractivity contribution in [1.29, 1.82) is 0 Å². The minimum absolute atomic E-state index is 0.115. The average molecular weight is 286 g/mol. The van der Waals surface area contributed by atoms with Crippen LogP contribution in [0.3, 0.4) is 0 Å². The summed E-state index contributed by atoms with van der Waals surface area (Å²) in [6.07, 6.45) is 6.39. The molecule has 1 aromatic rings. The van der Waals surface area contributed by atoms with Crippen LogP contribution in [-0.2, 0) is 0 Å². The summed E-state index contributed by atoms with van der Waals surface area (Å²) in [5.41, 5.74) is 0.115. The van der Waals surface area contributed by atoms with Crippen molar-refractivity contribution in [2.24, 2.45) is 5.41 Å². The molecule has 108 valence electrons. The number of hydrogen-bond acceptors (Lipinski definition) is 4. The molecule has 0 fully saturated rings. The maximum absolute atomic E-state index is 6.09. The zero-order valence-electron chi connectivity index (χ0n) is 12.1. The van der Waals surface area contributed by atoms with Gasteiger partial charge in [0.1, 0.15) is 5.82 Å². The number of halogens is 1. The molecule has 4 nitrogen and oxygen atoms in total. The molecule has 0 atom stereocenters. The lowest BCUT2D eigenvalue weighted by Crippen LogP contribution is -2.30. The molecule has 0 aliphatic rings. The van der Waals surface area contributed by atoms with E-state index in [9.17, 15) is 0 Å². The van der Waals surface area contributed by atoms with Gasteiger partial charge in [0, 0.05) is 17.8 Å². The number of nitrogens with zero attached hydrogens (tertiary/aromatic N) is 2. The first-order valence-corrected chi connectivity index (χ1v) is 7.47. The van der Waals surface area contributed by atoms with Crippen LogP contribution in [0.25, 0.3) is 0 Å². The molecule has 1 N–H and O–H groups in total. The Bertz CT molecular complexity index is 361. The lowest BCUT2D eigenvalue weighted by molar-refractivity contribution is 0.303. The summed E-state index contributed by atoms with van der Waals surface area (Å²) in [5.74, 6) is 1.95. The fourth-order valence-corrected chi connectivity index (χ4v) is 2.20. The van der Waals surface area contributed by atoms with E-state index in [2.05, 4.69) is 36.1 Å². The van der Waals surface area contributed by atoms with Crippen molar-refractivity contribution in [1.82, 2.24) is 9.97 Å². The topological polar surface area (TPSA) is 47.0 Å². The molecule has 0 saturated heterocycles. The number of anilines is 1. The molecule has 0 unspecified atom stereocenters. The Morgan fingerprint density at radius 1 is 1.26 bits per heavy atom. The minimum Gasteiger partial charge on any atom is -0.477 e. The van der Waals surface area contributed by atoms with Crippen LogP contribution >= 0.6 is 11.6 Å². The van der Waals surface area contributed by atoms with Crippen molar-refractivity contribution in [2.75, 3.05) is 24.3 Å². The van der Waals surface area contributed by atoms with Gasteiger partial charge in [0.25, 0.3) is 0 Å². The van der Waals surface area contributed by atoms with E-state index in [1.165, 1.54) is 0 Å². The third-order valence-corrected chi connectivity index (χ3v) is 4.06. The number of alkyl halides is 1. The van der Waals surface area contributed by atoms with Gasteiger partial charge < -0.3 is 10.1 Å². The molecule has 0 aromatic carbocycles. The van der Waals surface area contributed by atoms with Crippen LogP contribution in [0.5, 0.6) is 5.88 Å². The van der Waals surface area contributed by atoms with Crippen molar-refractivity contribution in [3.63, 3.8) is 0 Å². The monoisotopic (exact) mass is 285 g/mol. The zero-order chi connectivity index (χ0) is 14.1. The summed E-state index contributed by atoms with van der Waals surface area (Å²) in [6.45, 7) is 7.86. The van der Waals surface area contributed by atoms with Gasteiger partial charge >= 0.3 is 0 Å². The lowest BCUT2D eigenvalue weighted by atomic mass is 9.84. The summed E-state index contributed by atoms with van der Waals surface area (Å²) >= 11 is 6.09. The summed E-state index contributed by atoms with van der Waals surface area (Å²) in [4.78, 5) is 8.51. The van der Waals surface area contributed by atoms with Gasteiger partial charge in [-0.3, -0.25) is 4.98 Å². The Labute approximate surface area is 120 Å². The molecule has 1 rings (SSSR count). The van der Waals surface area contributed by atoms with E-state index in [0.29, 0.717) is 18.4 Å². The van der Waals surface area contributed by atoms with Crippen LogP contribution in [0.15, 0.2) is 12.4 Å². The summed E-state index contributed by atoms with van der Waals surface area (Å²) < 4.78 is 5.47. The Kier molecular flexibility index (Phi) is 6.92. The van der Waals surface area contributed by atoms with Crippen LogP contribution in [0, 0.1) is 5.41 Å². The highest BCUT2D eigenvalue weighted by molar-refractivity contribution is 6.18. The van der Waals surface area contributed by atoms with Crippen molar-refractivity contribution < 1.29 is 4.74 Å². The second kappa shape index (κ2) is 8.20. The van der Waals surface area contributed by atoms with Gasteiger partial charge in [0.05, 0.1) is 19.0 Å². The molecular weight excluding hydrogens is 262 g/mol. The molecule has 0 bridgehead atoms. The quantitative estimate of drug-likeness (QED) is 0.703. The third-order valence-electron chi connectivity index (χ3n) is 3.49. The van der Waals surface area contributed by atoms with E-state index in [4.69, 9.17) is 16.3 Å². The molecule has 0 saturated carbocycles. The van der Waals surface area contributed by atoms with Gasteiger partial charge in [-0.1, -0.05) is 20.8 Å². The second-order valence-corrected chi connectivity index (χ2v) is 5.05. The van der Waals surface area contributed by atoms with E-state index >= 15 is 0 Å². The molecule has 0 amide bonds. The minimum atomic E-state index is 0.115. The van der Waals surface area contributed by atoms with E-state index in [1.54, 1.807) is 12.4 Å². The number of hydrogen-bond donors (Lipinski definition) is 1. The SMILES string of the molecule is CCCOc1cncc(NCC(CC)(CC)CCl)n1. The predicted octanol–water partition coefficient (Wildman–Crippen LogP) is 3.72. The van der Waals surface area contributed by atoms with Gasteiger partial charge in [-0.15, -0.1) is 11.6 Å². The van der Waals surface area contributed by atoms with Crippen molar-refractivity contribution in [3.05, 3.63) is 12.4 Å². The molecule has 1 aromatic heterocycles. The average Bonchev–Trinajstić information content (AvgIpc) is 2.47. The molecule has 0 spiro atoms. The van der Waals surface area contributed by atoms with Gasteiger partial charge in [-0.25, -0.2) is 0 Å². The van der Waals surface area contributed by atoms with Crippen molar-refractivity contribution in [3.8, 4) is 5.88 Å². The maximum atomic E-state index is 6.09. The molecule has 0 aliphatic carbocycles. The van der Waals surface area contributed by atoms with E-state index < -0.39 is 0 Å². The lowest BCUT2D eigenvalue weighted by Gasteiger charge is -2.29. The van der Waals surface area contributed by atoms with E-state index in [1.807, 2.05) is 0 Å². The summed E-state index contributed by atoms with van der Waals surface area (Å²) in [5, 5.41) is 3.32. The van der Waals surface area contributed by atoms with E-state index in [-0.39, 0.29) is 5.41 Å². The predicted molar refractivity (Wildman–Crippen MR) is 80.0 cm³/mol. The number of aromatic nitrogens is 2. The van der Waals surface area contributed by atoms with Gasteiger partial charge in [0.15, 0.2) is 0 Å². The van der Waals surface area contributed by atoms with E-state index in [0.717, 1.165) is 31.6 Å². The molecule has 0 aliphatic heterocycles. The summed E-state index contributed by atoms with van der Waals surface area (Å²) in [6, 6.07) is 0. The number of rotatable bonds is 9. The van der Waals surface area contributed by atoms with Crippen LogP contribution < -0.4 is 10.1 Å². The second-order valence-electron chi connectivity index (χ2n) is 4.79. The van der Waals surface area contributed by atoms with Crippen molar-refractivity contribution >= 4 is 17.4 Å². The first-order valence-electron chi connectivity index (χ1n) is 6.94. The zero-order valence-corrected chi connectivity index (χ0v) is 12.8. The fraction of sp³-hybridized carbons (Fsp3) is 0.714. The van der Waals surface area contributed by atoms with Crippen LogP contribution in [0.4, 0.5) is 5.82 Å². The first-order chi connectivity index (χ1) is 9.19. The van der Waals surface area contributed by atoms with Crippen molar-refractivity contribution in [2.45, 2.75) is 40.0 Å². The highest BCUT2D eigenvalue weighted by atomic mass is 35.5. The highest BCUT2D eigenvalue weighted by Crippen LogP contribution is 2.28. The molecule has 5 heteroatoms. The van der Waals surface area contributed by atoms with Gasteiger partial charge in [-0.05, 0) is 19.3 Å². The molecule has 0 radical (unpaired) electrons. The third kappa shape index (κ3) is 4.86. The molecule has 1 heterocycles. The molecular formula is C14H24ClN3O. The fourth-order valence-electron chi connectivity index (χ4n) is 1.72. The highest BCUT2D eigenvalue weighted by Gasteiger charge is 2.24. The Hall–Kier alpha value is -1.03. The maximum Gasteiger partial charge on any atom is 0.234 e. The van der Waals surface area contributed by atoms with Crippen LogP contribution in [0.1, 0.15) is 40.0 Å². The number of nitrogens with one attached hydrogen (secondary N) is 1. The smallest absolute Gasteiger partial charge is 0.234 e. The van der Waals surface area contributed by atoms with Gasteiger partial charge in [0.2, 0.25) is 5.88 Å². The Balaban J connectivity index is 2.61. The number of ether oxygens (including phenoxy) is 1. The van der Waals surface area contributed by atoms with Crippen LogP contribution in [-0.4, -0.2) is 29.0 Å². The standard InChI is InChI=1S/C14H24ClN3O/c1-4-7-19-13-9-16-8-12(18-13)17-11-14(5-2,6-3)10-15/h8-9H,4-7,10-11H2,1-3H3,(H,17,18). The molecule has 19 heavy (non-hydrogen) atoms. The Morgan fingerprint density at radius 3 is 2.58 bits per heavy atom. The van der Waals surface area contributed by atoms with Crippen LogP contribution in [0.2, 0.25) is 0 Å². The summed E-state index contributed by atoms with van der Waals surface area (Å²) in [7, 11) is 0.